The molecule has 0 spiro atoms. The zero-order valence-electron chi connectivity index (χ0n) is 10.8. The Balaban J connectivity index is 2.11. The van der Waals surface area contributed by atoms with Crippen LogP contribution >= 0.6 is 0 Å². The quantitative estimate of drug-likeness (QED) is 0.594. The SMILES string of the molecule is N#CCCNC(=O)CN1C(=O)COc2ccc(N)cc21. The maximum atomic E-state index is 11.9. The number of anilines is 2. The number of hydrogen-bond acceptors (Lipinski definition) is 5. The molecule has 0 atom stereocenters. The molecule has 20 heavy (non-hydrogen) atoms. The number of amides is 2. The Hall–Kier alpha value is -2.75. The molecule has 0 saturated heterocycles. The van der Waals surface area contributed by atoms with E-state index in [9.17, 15) is 9.59 Å². The molecule has 1 aliphatic rings. The fourth-order valence-corrected chi connectivity index (χ4v) is 1.85. The minimum atomic E-state index is -0.330. The molecule has 0 fully saturated rings. The van der Waals surface area contributed by atoms with E-state index in [1.165, 1.54) is 4.90 Å². The molecular formula is C13H14N4O3. The van der Waals surface area contributed by atoms with Gasteiger partial charge in [-0.15, -0.1) is 0 Å². The van der Waals surface area contributed by atoms with Gasteiger partial charge >= 0.3 is 0 Å². The highest BCUT2D eigenvalue weighted by molar-refractivity contribution is 6.02. The number of nitrogen functional groups attached to an aromatic ring is 1. The fraction of sp³-hybridized carbons (Fsp3) is 0.308. The van der Waals surface area contributed by atoms with Gasteiger partial charge in [-0.25, -0.2) is 0 Å². The molecule has 7 nitrogen and oxygen atoms in total. The molecule has 104 valence electrons. The van der Waals surface area contributed by atoms with Crippen LogP contribution in [0.1, 0.15) is 6.42 Å². The van der Waals surface area contributed by atoms with Gasteiger partial charge in [0, 0.05) is 12.2 Å². The lowest BCUT2D eigenvalue weighted by molar-refractivity contribution is -0.125. The van der Waals surface area contributed by atoms with Crippen LogP contribution in [0.25, 0.3) is 0 Å². The average molecular weight is 274 g/mol. The Morgan fingerprint density at radius 1 is 1.55 bits per heavy atom. The molecule has 3 N–H and O–H groups in total. The van der Waals surface area contributed by atoms with Gasteiger partial charge in [0.25, 0.3) is 5.91 Å². The molecule has 0 bridgehead atoms. The van der Waals surface area contributed by atoms with E-state index in [0.717, 1.165) is 0 Å². The largest absolute Gasteiger partial charge is 0.482 e. The second-order valence-corrected chi connectivity index (χ2v) is 4.25. The summed E-state index contributed by atoms with van der Waals surface area (Å²) in [6.07, 6.45) is 0.229. The number of rotatable bonds is 4. The number of nitrogens with zero attached hydrogens (tertiary/aromatic N) is 2. The summed E-state index contributed by atoms with van der Waals surface area (Å²) in [5.41, 5.74) is 6.65. The summed E-state index contributed by atoms with van der Waals surface area (Å²) in [7, 11) is 0. The van der Waals surface area contributed by atoms with Crippen molar-refractivity contribution in [1.29, 1.82) is 5.26 Å². The molecule has 1 aromatic rings. The standard InChI is InChI=1S/C13H14N4O3/c14-4-1-5-16-12(18)7-17-10-6-9(15)2-3-11(10)20-8-13(17)19/h2-3,6H,1,5,7-8,15H2,(H,16,18). The lowest BCUT2D eigenvalue weighted by Gasteiger charge is -2.29. The maximum Gasteiger partial charge on any atom is 0.265 e. The Morgan fingerprint density at radius 2 is 2.35 bits per heavy atom. The topological polar surface area (TPSA) is 108 Å². The molecule has 1 aromatic carbocycles. The Kier molecular flexibility index (Phi) is 4.05. The molecule has 1 heterocycles. The summed E-state index contributed by atoms with van der Waals surface area (Å²) in [4.78, 5) is 24.9. The average Bonchev–Trinajstić information content (AvgIpc) is 2.42. The van der Waals surface area contributed by atoms with Gasteiger partial charge in [0.2, 0.25) is 5.91 Å². The molecule has 1 aliphatic heterocycles. The van der Waals surface area contributed by atoms with Crippen molar-refractivity contribution in [3.8, 4) is 11.8 Å². The first-order valence-corrected chi connectivity index (χ1v) is 6.08. The minimum Gasteiger partial charge on any atom is -0.482 e. The summed E-state index contributed by atoms with van der Waals surface area (Å²) < 4.78 is 5.28. The van der Waals surface area contributed by atoms with Gasteiger partial charge in [-0.3, -0.25) is 14.5 Å². The second-order valence-electron chi connectivity index (χ2n) is 4.25. The monoisotopic (exact) mass is 274 g/mol. The number of nitriles is 1. The molecule has 0 aromatic heterocycles. The van der Waals surface area contributed by atoms with Crippen LogP contribution in [-0.2, 0) is 9.59 Å². The van der Waals surface area contributed by atoms with Crippen molar-refractivity contribution in [2.24, 2.45) is 0 Å². The van der Waals surface area contributed by atoms with Crippen LogP contribution in [0.2, 0.25) is 0 Å². The van der Waals surface area contributed by atoms with Gasteiger partial charge < -0.3 is 15.8 Å². The zero-order chi connectivity index (χ0) is 14.5. The Morgan fingerprint density at radius 3 is 3.10 bits per heavy atom. The third kappa shape index (κ3) is 2.98. The van der Waals surface area contributed by atoms with Gasteiger partial charge in [0.15, 0.2) is 6.61 Å². The minimum absolute atomic E-state index is 0.109. The number of ether oxygens (including phenoxy) is 1. The number of hydrogen-bond donors (Lipinski definition) is 2. The van der Waals surface area contributed by atoms with Crippen LogP contribution in [-0.4, -0.2) is 31.5 Å². The van der Waals surface area contributed by atoms with Crippen molar-refractivity contribution < 1.29 is 14.3 Å². The molecule has 0 aliphatic carbocycles. The number of nitrogens with one attached hydrogen (secondary N) is 1. The first kappa shape index (κ1) is 13.7. The van der Waals surface area contributed by atoms with E-state index in [1.807, 2.05) is 6.07 Å². The normalized spacial score (nSPS) is 13.2. The van der Waals surface area contributed by atoms with Crippen LogP contribution < -0.4 is 20.7 Å². The molecular weight excluding hydrogens is 260 g/mol. The molecule has 7 heteroatoms. The summed E-state index contributed by atoms with van der Waals surface area (Å²) in [5.74, 6) is -0.119. The number of carbonyl (C=O) groups is 2. The second kappa shape index (κ2) is 5.93. The lowest BCUT2D eigenvalue weighted by Crippen LogP contribution is -2.45. The number of nitrogens with two attached hydrogens (primary N) is 1. The van der Waals surface area contributed by atoms with Crippen LogP contribution in [0.4, 0.5) is 11.4 Å². The first-order chi connectivity index (χ1) is 9.61. The van der Waals surface area contributed by atoms with E-state index < -0.39 is 0 Å². The highest BCUT2D eigenvalue weighted by Crippen LogP contribution is 2.33. The highest BCUT2D eigenvalue weighted by atomic mass is 16.5. The Labute approximate surface area is 115 Å². The number of fused-ring (bicyclic) bond motifs is 1. The number of carbonyl (C=O) groups excluding carboxylic acids is 2. The van der Waals surface area contributed by atoms with E-state index >= 15 is 0 Å². The third-order valence-corrected chi connectivity index (χ3v) is 2.79. The molecule has 2 amide bonds. The highest BCUT2D eigenvalue weighted by Gasteiger charge is 2.27. The predicted molar refractivity (Wildman–Crippen MR) is 71.9 cm³/mol. The predicted octanol–water partition coefficient (Wildman–Crippen LogP) is 0.0241. The van der Waals surface area contributed by atoms with E-state index in [0.29, 0.717) is 17.1 Å². The van der Waals surface area contributed by atoms with Crippen molar-refractivity contribution >= 4 is 23.2 Å². The Bertz CT molecular complexity index is 579. The molecule has 0 unspecified atom stereocenters. The van der Waals surface area contributed by atoms with Gasteiger partial charge in [-0.05, 0) is 18.2 Å². The summed E-state index contributed by atoms with van der Waals surface area (Å²) >= 11 is 0. The van der Waals surface area contributed by atoms with Crippen LogP contribution in [0.15, 0.2) is 18.2 Å². The van der Waals surface area contributed by atoms with Crippen LogP contribution in [0.3, 0.4) is 0 Å². The third-order valence-electron chi connectivity index (χ3n) is 2.79. The van der Waals surface area contributed by atoms with Crippen LogP contribution in [0.5, 0.6) is 5.75 Å². The number of benzene rings is 1. The van der Waals surface area contributed by atoms with Crippen LogP contribution in [0, 0.1) is 11.3 Å². The van der Waals surface area contributed by atoms with Gasteiger partial charge in [0.05, 0.1) is 18.2 Å². The summed E-state index contributed by atoms with van der Waals surface area (Å²) in [6, 6.07) is 6.85. The lowest BCUT2D eigenvalue weighted by atomic mass is 10.2. The van der Waals surface area contributed by atoms with E-state index in [-0.39, 0.29) is 37.9 Å². The van der Waals surface area contributed by atoms with Crippen molar-refractivity contribution in [1.82, 2.24) is 5.32 Å². The fourth-order valence-electron chi connectivity index (χ4n) is 1.85. The van der Waals surface area contributed by atoms with Gasteiger partial charge in [0.1, 0.15) is 12.3 Å². The first-order valence-electron chi connectivity index (χ1n) is 6.08. The molecule has 0 radical (unpaired) electrons. The van der Waals surface area contributed by atoms with Gasteiger partial charge in [-0.2, -0.15) is 5.26 Å². The van der Waals surface area contributed by atoms with Crippen molar-refractivity contribution in [2.45, 2.75) is 6.42 Å². The summed E-state index contributed by atoms with van der Waals surface area (Å²) in [5, 5.41) is 11.0. The zero-order valence-corrected chi connectivity index (χ0v) is 10.8. The van der Waals surface area contributed by atoms with E-state index in [2.05, 4.69) is 5.32 Å². The van der Waals surface area contributed by atoms with E-state index in [1.54, 1.807) is 18.2 Å². The van der Waals surface area contributed by atoms with Crippen molar-refractivity contribution in [3.63, 3.8) is 0 Å². The van der Waals surface area contributed by atoms with Gasteiger partial charge in [-0.1, -0.05) is 0 Å². The van der Waals surface area contributed by atoms with E-state index in [4.69, 9.17) is 15.7 Å². The van der Waals surface area contributed by atoms with Crippen molar-refractivity contribution in [2.75, 3.05) is 30.3 Å². The summed E-state index contributed by atoms with van der Waals surface area (Å²) in [6.45, 7) is 0.0319. The van der Waals surface area contributed by atoms with Crippen molar-refractivity contribution in [3.05, 3.63) is 18.2 Å². The molecule has 0 saturated carbocycles. The molecule has 2 rings (SSSR count). The maximum absolute atomic E-state index is 11.9. The smallest absolute Gasteiger partial charge is 0.265 e.